The van der Waals surface area contributed by atoms with Crippen LogP contribution in [0.5, 0.6) is 5.88 Å². The lowest BCUT2D eigenvalue weighted by Crippen LogP contribution is -2.26. The maximum absolute atomic E-state index is 12.7. The van der Waals surface area contributed by atoms with E-state index in [2.05, 4.69) is 35.2 Å². The van der Waals surface area contributed by atoms with Gasteiger partial charge in [0.2, 0.25) is 23.7 Å². The van der Waals surface area contributed by atoms with Gasteiger partial charge in [-0.15, -0.1) is 0 Å². The van der Waals surface area contributed by atoms with Crippen molar-refractivity contribution in [2.24, 2.45) is 0 Å². The number of hydrogen-bond donors (Lipinski definition) is 4. The summed E-state index contributed by atoms with van der Waals surface area (Å²) in [6, 6.07) is 0. The molecule has 3 heterocycles. The number of carbonyl (C=O) groups excluding carboxylic acids is 1. The Hall–Kier alpha value is -3.48. The van der Waals surface area contributed by atoms with Crippen molar-refractivity contribution in [3.63, 3.8) is 0 Å². The van der Waals surface area contributed by atoms with Crippen molar-refractivity contribution < 1.29 is 19.4 Å². The zero-order valence-corrected chi connectivity index (χ0v) is 15.6. The van der Waals surface area contributed by atoms with E-state index in [0.29, 0.717) is 22.6 Å². The first kappa shape index (κ1) is 19.3. The third kappa shape index (κ3) is 3.93. The second-order valence-electron chi connectivity index (χ2n) is 5.41. The summed E-state index contributed by atoms with van der Waals surface area (Å²) in [7, 11) is 1.28. The summed E-state index contributed by atoms with van der Waals surface area (Å²) in [6.07, 6.45) is 3.01. The quantitative estimate of drug-likeness (QED) is 0.325. The first-order chi connectivity index (χ1) is 13.4. The lowest BCUT2D eigenvalue weighted by Gasteiger charge is -2.14. The van der Waals surface area contributed by atoms with Crippen LogP contribution in [0.1, 0.15) is 23.7 Å². The highest BCUT2D eigenvalue weighted by Crippen LogP contribution is 2.29. The number of H-pyrrole nitrogens is 1. The average Bonchev–Trinajstić information content (AvgIpc) is 3.13. The van der Waals surface area contributed by atoms with Gasteiger partial charge in [0.25, 0.3) is 0 Å². The summed E-state index contributed by atoms with van der Waals surface area (Å²) in [4.78, 5) is 46.7. The molecule has 0 spiro atoms. The Labute approximate surface area is 162 Å². The van der Waals surface area contributed by atoms with Crippen LogP contribution in [-0.4, -0.2) is 59.2 Å². The number of amides is 1. The molecule has 0 unspecified atom stereocenters. The van der Waals surface area contributed by atoms with Gasteiger partial charge in [-0.25, -0.2) is 19.7 Å². The first-order valence-corrected chi connectivity index (χ1v) is 8.89. The van der Waals surface area contributed by atoms with E-state index in [4.69, 9.17) is 15.6 Å². The number of aromatic amines is 1. The lowest BCUT2D eigenvalue weighted by atomic mass is 10.3. The van der Waals surface area contributed by atoms with Gasteiger partial charge in [-0.1, -0.05) is 18.7 Å². The number of imidazole rings is 1. The van der Waals surface area contributed by atoms with Crippen LogP contribution in [0.4, 0.5) is 11.9 Å². The topological polar surface area (TPSA) is 182 Å². The molecular weight excluding hydrogens is 388 g/mol. The molecule has 146 valence electrons. The molecule has 0 aliphatic heterocycles. The Morgan fingerprint density at radius 3 is 2.82 bits per heavy atom. The number of aromatic nitrogens is 6. The number of methoxy groups -OCH3 is 1. The van der Waals surface area contributed by atoms with Gasteiger partial charge in [0.1, 0.15) is 16.1 Å². The number of anilines is 2. The van der Waals surface area contributed by atoms with E-state index in [0.717, 1.165) is 6.20 Å². The van der Waals surface area contributed by atoms with Crippen LogP contribution in [0, 0.1) is 0 Å². The molecule has 0 aliphatic carbocycles. The minimum Gasteiger partial charge on any atom is -0.480 e. The second-order valence-corrected chi connectivity index (χ2v) is 6.61. The van der Waals surface area contributed by atoms with Crippen LogP contribution >= 0.6 is 11.8 Å². The molecule has 13 heteroatoms. The van der Waals surface area contributed by atoms with Crippen molar-refractivity contribution in [3.8, 4) is 5.88 Å². The molecule has 0 bridgehead atoms. The summed E-state index contributed by atoms with van der Waals surface area (Å²) in [6.45, 7) is 1.83. The van der Waals surface area contributed by atoms with E-state index in [1.807, 2.05) is 6.92 Å². The summed E-state index contributed by atoms with van der Waals surface area (Å²) in [5, 5.41) is 11.6. The Bertz CT molecular complexity index is 1040. The zero-order valence-electron chi connectivity index (χ0n) is 14.8. The number of carboxylic acids is 1. The predicted molar refractivity (Wildman–Crippen MR) is 100 cm³/mol. The molecule has 0 saturated carbocycles. The van der Waals surface area contributed by atoms with E-state index in [1.165, 1.54) is 25.2 Å². The molecule has 12 nitrogen and oxygen atoms in total. The summed E-state index contributed by atoms with van der Waals surface area (Å²) >= 11 is 1.19. The normalized spacial score (nSPS) is 11.9. The average molecular weight is 404 g/mol. The Morgan fingerprint density at radius 1 is 1.36 bits per heavy atom. The number of hydrogen-bond acceptors (Lipinski definition) is 10. The first-order valence-electron chi connectivity index (χ1n) is 8.01. The highest BCUT2D eigenvalue weighted by Gasteiger charge is 2.23. The van der Waals surface area contributed by atoms with Gasteiger partial charge >= 0.3 is 5.97 Å². The fourth-order valence-corrected chi connectivity index (χ4v) is 3.30. The number of ether oxygens (including phenoxy) is 1. The number of nitrogens with one attached hydrogen (secondary N) is 2. The van der Waals surface area contributed by atoms with Crippen LogP contribution in [-0.2, 0) is 4.79 Å². The number of thioether (sulfide) groups is 1. The molecule has 5 N–H and O–H groups in total. The molecule has 0 fully saturated rings. The zero-order chi connectivity index (χ0) is 20.3. The number of nitrogen functional groups attached to an aromatic ring is 1. The van der Waals surface area contributed by atoms with Crippen LogP contribution in [0.2, 0.25) is 0 Å². The molecular formula is C15H16N8O4S. The molecule has 1 atom stereocenters. The SMILES string of the molecule is CC[C@@H](Sc1nc(N)nc2nc[nH]c12)C(=O)Nc1ncc(C(=O)O)c(OC)n1. The molecule has 3 aromatic rings. The van der Waals surface area contributed by atoms with E-state index in [-0.39, 0.29) is 29.2 Å². The van der Waals surface area contributed by atoms with Crippen molar-refractivity contribution >= 4 is 46.7 Å². The molecule has 0 aromatic carbocycles. The van der Waals surface area contributed by atoms with Crippen LogP contribution < -0.4 is 15.8 Å². The van der Waals surface area contributed by atoms with Crippen LogP contribution in [0.25, 0.3) is 11.2 Å². The number of aromatic carboxylic acids is 1. The highest BCUT2D eigenvalue weighted by molar-refractivity contribution is 8.00. The van der Waals surface area contributed by atoms with E-state index >= 15 is 0 Å². The fraction of sp³-hybridized carbons (Fsp3) is 0.267. The largest absolute Gasteiger partial charge is 0.480 e. The number of rotatable bonds is 7. The van der Waals surface area contributed by atoms with Gasteiger partial charge in [-0.05, 0) is 6.42 Å². The van der Waals surface area contributed by atoms with Crippen molar-refractivity contribution in [1.82, 2.24) is 29.9 Å². The van der Waals surface area contributed by atoms with Gasteiger partial charge in [0.05, 0.1) is 24.9 Å². The standard InChI is InChI=1S/C15H16N8O4S/c1-3-7(28-12-8-9(19-5-18-8)20-14(16)23-12)10(24)21-15-17-4-6(13(25)26)11(22-15)27-2/h4-5,7H,3H2,1-2H3,(H,25,26)(H,17,21,22,24)(H3,16,18,19,20,23)/t7-/m1/s1. The summed E-state index contributed by atoms with van der Waals surface area (Å²) < 4.78 is 4.93. The molecule has 0 radical (unpaired) electrons. The van der Waals surface area contributed by atoms with Crippen molar-refractivity contribution in [2.45, 2.75) is 23.6 Å². The fourth-order valence-electron chi connectivity index (χ4n) is 2.28. The van der Waals surface area contributed by atoms with E-state index in [9.17, 15) is 9.59 Å². The molecule has 1 amide bonds. The predicted octanol–water partition coefficient (Wildman–Crippen LogP) is 0.941. The van der Waals surface area contributed by atoms with Gasteiger partial charge in [0.15, 0.2) is 5.65 Å². The minimum atomic E-state index is -1.23. The Kier molecular flexibility index (Phi) is 5.54. The van der Waals surface area contributed by atoms with E-state index in [1.54, 1.807) is 0 Å². The summed E-state index contributed by atoms with van der Waals surface area (Å²) in [5.41, 5.74) is 6.47. The molecule has 0 aliphatic rings. The number of nitrogens with zero attached hydrogens (tertiary/aromatic N) is 5. The maximum atomic E-state index is 12.7. The van der Waals surface area contributed by atoms with Crippen molar-refractivity contribution in [2.75, 3.05) is 18.2 Å². The number of fused-ring (bicyclic) bond motifs is 1. The second kappa shape index (κ2) is 8.04. The van der Waals surface area contributed by atoms with Gasteiger partial charge in [-0.3, -0.25) is 10.1 Å². The van der Waals surface area contributed by atoms with Crippen LogP contribution in [0.15, 0.2) is 17.6 Å². The number of carbonyl (C=O) groups is 2. The smallest absolute Gasteiger partial charge is 0.342 e. The monoisotopic (exact) mass is 404 g/mol. The minimum absolute atomic E-state index is 0.0506. The summed E-state index contributed by atoms with van der Waals surface area (Å²) in [5.74, 6) is -1.79. The van der Waals surface area contributed by atoms with Crippen molar-refractivity contribution in [1.29, 1.82) is 0 Å². The third-order valence-electron chi connectivity index (χ3n) is 3.60. The van der Waals surface area contributed by atoms with Gasteiger partial charge in [0, 0.05) is 0 Å². The Balaban J connectivity index is 1.80. The van der Waals surface area contributed by atoms with E-state index < -0.39 is 11.2 Å². The van der Waals surface area contributed by atoms with Crippen LogP contribution in [0.3, 0.4) is 0 Å². The third-order valence-corrected chi connectivity index (χ3v) is 4.95. The number of nitrogens with two attached hydrogens (primary N) is 1. The highest BCUT2D eigenvalue weighted by atomic mass is 32.2. The molecule has 3 aromatic heterocycles. The van der Waals surface area contributed by atoms with Gasteiger partial charge in [-0.2, -0.15) is 9.97 Å². The maximum Gasteiger partial charge on any atom is 0.342 e. The van der Waals surface area contributed by atoms with Crippen molar-refractivity contribution in [3.05, 3.63) is 18.1 Å². The Morgan fingerprint density at radius 2 is 2.14 bits per heavy atom. The molecule has 3 rings (SSSR count). The van der Waals surface area contributed by atoms with Gasteiger partial charge < -0.3 is 20.6 Å². The number of carboxylic acid groups (broad SMARTS) is 1. The molecule has 28 heavy (non-hydrogen) atoms. The lowest BCUT2D eigenvalue weighted by molar-refractivity contribution is -0.115. The molecule has 0 saturated heterocycles.